The molecule has 0 aromatic rings. The van der Waals surface area contributed by atoms with E-state index in [0.29, 0.717) is 19.3 Å². The minimum absolute atomic E-state index is 0.0868. The first-order chi connectivity index (χ1) is 36.5. The molecule has 432 valence electrons. The number of unbranched alkanes of at least 4 members (excludes halogenated alkanes) is 41. The SMILES string of the molecule is CC/C=C\C/C=C\C/C=C\C/C=C\CCCCC(=O)OC(COC(=O)CCCCCCCC)COC(=O)CCCCCCCCCCCCCCCCCCCCCCCCCCCCCCCCCCCCC. The van der Waals surface area contributed by atoms with Gasteiger partial charge in [0.1, 0.15) is 13.2 Å². The average Bonchev–Trinajstić information content (AvgIpc) is 3.40. The molecule has 0 aliphatic heterocycles. The van der Waals surface area contributed by atoms with E-state index in [0.717, 1.165) is 77.0 Å². The lowest BCUT2D eigenvalue weighted by molar-refractivity contribution is -0.167. The molecule has 0 aromatic carbocycles. The molecule has 1 unspecified atom stereocenters. The van der Waals surface area contributed by atoms with Gasteiger partial charge in [0, 0.05) is 19.3 Å². The van der Waals surface area contributed by atoms with Crippen LogP contribution in [0.25, 0.3) is 0 Å². The minimum atomic E-state index is -0.790. The third-order valence-corrected chi connectivity index (χ3v) is 14.6. The number of esters is 3. The van der Waals surface area contributed by atoms with E-state index in [-0.39, 0.29) is 37.5 Å². The normalized spacial score (nSPS) is 12.3. The van der Waals surface area contributed by atoms with E-state index < -0.39 is 6.10 Å². The van der Waals surface area contributed by atoms with Crippen LogP contribution < -0.4 is 0 Å². The quantitative estimate of drug-likeness (QED) is 0.0261. The Hall–Kier alpha value is -2.63. The second-order valence-electron chi connectivity index (χ2n) is 22.0. The number of carbonyl (C=O) groups excluding carboxylic acids is 3. The molecular formula is C68H124O6. The van der Waals surface area contributed by atoms with Crippen LogP contribution in [0, 0.1) is 0 Å². The van der Waals surface area contributed by atoms with Crippen LogP contribution in [0.2, 0.25) is 0 Å². The third kappa shape index (κ3) is 60.2. The van der Waals surface area contributed by atoms with Gasteiger partial charge in [-0.3, -0.25) is 14.4 Å². The number of carbonyl (C=O) groups is 3. The highest BCUT2D eigenvalue weighted by atomic mass is 16.6. The number of hydrogen-bond acceptors (Lipinski definition) is 6. The van der Waals surface area contributed by atoms with Crippen LogP contribution in [0.5, 0.6) is 0 Å². The molecule has 6 heteroatoms. The first-order valence-electron chi connectivity index (χ1n) is 32.6. The fraction of sp³-hybridized carbons (Fsp3) is 0.838. The number of allylic oxidation sites excluding steroid dienone is 8. The molecule has 0 fully saturated rings. The van der Waals surface area contributed by atoms with Gasteiger partial charge in [-0.25, -0.2) is 0 Å². The van der Waals surface area contributed by atoms with Crippen molar-refractivity contribution >= 4 is 17.9 Å². The van der Waals surface area contributed by atoms with Gasteiger partial charge in [-0.1, -0.05) is 320 Å². The van der Waals surface area contributed by atoms with Gasteiger partial charge in [-0.05, 0) is 57.8 Å². The Morgan fingerprint density at radius 1 is 0.284 bits per heavy atom. The Morgan fingerprint density at radius 2 is 0.527 bits per heavy atom. The maximum Gasteiger partial charge on any atom is 0.306 e. The number of rotatable bonds is 60. The predicted molar refractivity (Wildman–Crippen MR) is 321 cm³/mol. The number of ether oxygens (including phenoxy) is 3. The van der Waals surface area contributed by atoms with Crippen molar-refractivity contribution in [1.29, 1.82) is 0 Å². The molecule has 0 aliphatic carbocycles. The van der Waals surface area contributed by atoms with Gasteiger partial charge >= 0.3 is 17.9 Å². The van der Waals surface area contributed by atoms with Gasteiger partial charge in [-0.15, -0.1) is 0 Å². The fourth-order valence-corrected chi connectivity index (χ4v) is 9.73. The highest BCUT2D eigenvalue weighted by Crippen LogP contribution is 2.18. The summed E-state index contributed by atoms with van der Waals surface area (Å²) in [7, 11) is 0. The van der Waals surface area contributed by atoms with Crippen LogP contribution in [0.1, 0.15) is 348 Å². The molecule has 0 aromatic heterocycles. The highest BCUT2D eigenvalue weighted by molar-refractivity contribution is 5.71. The summed E-state index contributed by atoms with van der Waals surface area (Å²) in [6.45, 7) is 6.47. The molecule has 0 bridgehead atoms. The van der Waals surface area contributed by atoms with Gasteiger partial charge in [0.05, 0.1) is 0 Å². The molecule has 6 nitrogen and oxygen atoms in total. The molecule has 74 heavy (non-hydrogen) atoms. The van der Waals surface area contributed by atoms with Crippen molar-refractivity contribution in [1.82, 2.24) is 0 Å². The van der Waals surface area contributed by atoms with Crippen LogP contribution in [0.3, 0.4) is 0 Å². The molecule has 0 rings (SSSR count). The zero-order chi connectivity index (χ0) is 53.6. The van der Waals surface area contributed by atoms with E-state index in [2.05, 4.69) is 69.4 Å². The van der Waals surface area contributed by atoms with Gasteiger partial charge in [0.25, 0.3) is 0 Å². The maximum atomic E-state index is 12.8. The first-order valence-corrected chi connectivity index (χ1v) is 32.6. The summed E-state index contributed by atoms with van der Waals surface area (Å²) in [5.41, 5.74) is 0. The molecule has 0 N–H and O–H groups in total. The number of hydrogen-bond donors (Lipinski definition) is 0. The first kappa shape index (κ1) is 71.4. The van der Waals surface area contributed by atoms with Gasteiger partial charge in [0.15, 0.2) is 6.10 Å². The molecule has 0 heterocycles. The fourth-order valence-electron chi connectivity index (χ4n) is 9.73. The predicted octanol–water partition coefficient (Wildman–Crippen LogP) is 22.2. The Balaban J connectivity index is 3.89. The molecule has 0 radical (unpaired) electrons. The van der Waals surface area contributed by atoms with Crippen molar-refractivity contribution < 1.29 is 28.6 Å². The van der Waals surface area contributed by atoms with E-state index >= 15 is 0 Å². The van der Waals surface area contributed by atoms with Crippen molar-refractivity contribution in [2.75, 3.05) is 13.2 Å². The molecular weight excluding hydrogens is 913 g/mol. The summed E-state index contributed by atoms with van der Waals surface area (Å²) in [6, 6.07) is 0. The summed E-state index contributed by atoms with van der Waals surface area (Å²) in [5.74, 6) is -0.925. The van der Waals surface area contributed by atoms with Crippen molar-refractivity contribution in [3.63, 3.8) is 0 Å². The standard InChI is InChI=1S/C68H124O6/c1-4-7-10-13-16-18-20-22-24-25-26-27-28-29-30-31-32-33-34-35-36-37-38-39-40-41-42-43-45-46-48-50-52-55-58-61-67(70)73-64-65(63-72-66(69)60-57-54-15-12-9-6-3)74-68(71)62-59-56-53-51-49-47-44-23-21-19-17-14-11-8-5-2/h8,11,17,19,23,44,49,51,65H,4-7,9-10,12-16,18,20-22,24-43,45-48,50,52-64H2,1-3H3/b11-8-,19-17-,44-23-,51-49-. The monoisotopic (exact) mass is 1040 g/mol. The van der Waals surface area contributed by atoms with Gasteiger partial charge < -0.3 is 14.2 Å². The Kier molecular flexibility index (Phi) is 60.7. The highest BCUT2D eigenvalue weighted by Gasteiger charge is 2.19. The third-order valence-electron chi connectivity index (χ3n) is 14.6. The zero-order valence-electron chi connectivity index (χ0n) is 49.6. The van der Waals surface area contributed by atoms with Crippen LogP contribution >= 0.6 is 0 Å². The van der Waals surface area contributed by atoms with Crippen molar-refractivity contribution in [3.8, 4) is 0 Å². The van der Waals surface area contributed by atoms with Crippen molar-refractivity contribution in [2.45, 2.75) is 354 Å². The smallest absolute Gasteiger partial charge is 0.306 e. The summed E-state index contributed by atoms with van der Waals surface area (Å²) >= 11 is 0. The summed E-state index contributed by atoms with van der Waals surface area (Å²) in [5, 5.41) is 0. The Morgan fingerprint density at radius 3 is 0.824 bits per heavy atom. The molecule has 0 aliphatic rings. The molecule has 1 atom stereocenters. The lowest BCUT2D eigenvalue weighted by Gasteiger charge is -2.18. The maximum absolute atomic E-state index is 12.8. The minimum Gasteiger partial charge on any atom is -0.462 e. The van der Waals surface area contributed by atoms with E-state index in [1.54, 1.807) is 0 Å². The van der Waals surface area contributed by atoms with Crippen LogP contribution in [-0.2, 0) is 28.6 Å². The lowest BCUT2D eigenvalue weighted by atomic mass is 10.0. The van der Waals surface area contributed by atoms with Crippen LogP contribution in [0.4, 0.5) is 0 Å². The molecule has 0 spiro atoms. The summed E-state index contributed by atoms with van der Waals surface area (Å²) < 4.78 is 16.7. The van der Waals surface area contributed by atoms with Crippen molar-refractivity contribution in [3.05, 3.63) is 48.6 Å². The Labute approximate surface area is 460 Å². The van der Waals surface area contributed by atoms with E-state index in [4.69, 9.17) is 14.2 Å². The van der Waals surface area contributed by atoms with E-state index in [1.165, 1.54) is 225 Å². The zero-order valence-corrected chi connectivity index (χ0v) is 49.6. The van der Waals surface area contributed by atoms with Crippen molar-refractivity contribution in [2.24, 2.45) is 0 Å². The molecule has 0 saturated carbocycles. The van der Waals surface area contributed by atoms with Gasteiger partial charge in [-0.2, -0.15) is 0 Å². The van der Waals surface area contributed by atoms with Crippen LogP contribution in [0.15, 0.2) is 48.6 Å². The Bertz CT molecular complexity index is 1280. The summed E-state index contributed by atoms with van der Waals surface area (Å²) in [4.78, 5) is 37.9. The van der Waals surface area contributed by atoms with E-state index in [1.807, 2.05) is 0 Å². The summed E-state index contributed by atoms with van der Waals surface area (Å²) in [6.07, 6.45) is 79.2. The average molecular weight is 1040 g/mol. The largest absolute Gasteiger partial charge is 0.462 e. The molecule has 0 saturated heterocycles. The van der Waals surface area contributed by atoms with E-state index in [9.17, 15) is 14.4 Å². The lowest BCUT2D eigenvalue weighted by Crippen LogP contribution is -2.30. The van der Waals surface area contributed by atoms with Crippen LogP contribution in [-0.4, -0.2) is 37.2 Å². The second-order valence-corrected chi connectivity index (χ2v) is 22.0. The van der Waals surface area contributed by atoms with Gasteiger partial charge in [0.2, 0.25) is 0 Å². The molecule has 0 amide bonds. The second kappa shape index (κ2) is 62.9. The topological polar surface area (TPSA) is 78.9 Å².